The fraction of sp³-hybridized carbons (Fsp3) is 0.423. The van der Waals surface area contributed by atoms with Crippen molar-refractivity contribution in [2.75, 3.05) is 27.4 Å². The predicted octanol–water partition coefficient (Wildman–Crippen LogP) is -0.185. The van der Waals surface area contributed by atoms with Gasteiger partial charge in [0.15, 0.2) is 0 Å². The zero-order valence-corrected chi connectivity index (χ0v) is 29.7. The Morgan fingerprint density at radius 1 is 0.949 bits per heavy atom. The maximum absolute atomic E-state index is 11.3. The number of nitrogens with two attached hydrogens (primary N) is 3. The molecule has 39 heavy (non-hydrogen) atoms. The monoisotopic (exact) mass is 773 g/mol. The van der Waals surface area contributed by atoms with Crippen LogP contribution in [0.25, 0.3) is 0 Å². The molecule has 0 saturated heterocycles. The van der Waals surface area contributed by atoms with Gasteiger partial charge in [0, 0.05) is 52.8 Å². The second-order valence-electron chi connectivity index (χ2n) is 7.44. The molecule has 13 heteroatoms. The molecule has 2 aromatic rings. The van der Waals surface area contributed by atoms with Crippen molar-refractivity contribution in [2.45, 2.75) is 44.7 Å². The first-order valence-corrected chi connectivity index (χ1v) is 17.8. The number of unbranched alkanes of at least 4 members (excludes halogenated alkanes) is 1. The van der Waals surface area contributed by atoms with E-state index < -0.39 is 11.9 Å². The van der Waals surface area contributed by atoms with E-state index in [0.717, 1.165) is 30.5 Å². The maximum atomic E-state index is 11.3. The third-order valence-electron chi connectivity index (χ3n) is 4.50. The van der Waals surface area contributed by atoms with Gasteiger partial charge in [-0.2, -0.15) is 0 Å². The van der Waals surface area contributed by atoms with E-state index in [1.807, 2.05) is 67.7 Å². The predicted molar refractivity (Wildman–Crippen MR) is 173 cm³/mol. The van der Waals surface area contributed by atoms with Crippen LogP contribution < -0.4 is 57.4 Å². The summed E-state index contributed by atoms with van der Waals surface area (Å²) < 4.78 is 4.58. The summed E-state index contributed by atoms with van der Waals surface area (Å²) >= 11 is 4.24. The van der Waals surface area contributed by atoms with Gasteiger partial charge in [0.05, 0.1) is 18.8 Å². The summed E-state index contributed by atoms with van der Waals surface area (Å²) in [6.45, 7) is 8.36. The van der Waals surface area contributed by atoms with E-state index in [-0.39, 0.29) is 49.9 Å². The number of halogens is 2. The molecule has 0 fully saturated rings. The summed E-state index contributed by atoms with van der Waals surface area (Å²) in [5.41, 5.74) is 18.0. The number of primary amides is 2. The van der Waals surface area contributed by atoms with Gasteiger partial charge < -0.3 is 39.1 Å². The molecule has 0 unspecified atom stereocenters. The molecule has 2 aromatic carbocycles. The Hall–Kier alpha value is -0.765. The molecule has 211 valence electrons. The molecule has 0 aromatic heterocycles. The van der Waals surface area contributed by atoms with Gasteiger partial charge in [-0.15, -0.1) is 0 Å². The van der Waals surface area contributed by atoms with Crippen molar-refractivity contribution < 1.29 is 43.9 Å². The van der Waals surface area contributed by atoms with Crippen LogP contribution in [-0.4, -0.2) is 59.7 Å². The van der Waals surface area contributed by atoms with Crippen molar-refractivity contribution in [3.05, 3.63) is 78.4 Å². The molecule has 8 N–H and O–H groups in total. The molecule has 2 atom stereocenters. The number of methoxy groups -OCH3 is 1. The molecule has 0 aliphatic carbocycles. The Morgan fingerprint density at radius 3 is 1.69 bits per heavy atom. The Kier molecular flexibility index (Phi) is 45.8. The third kappa shape index (κ3) is 31.6. The third-order valence-corrected chi connectivity index (χ3v) is 4.50. The van der Waals surface area contributed by atoms with Crippen molar-refractivity contribution in [1.29, 1.82) is 5.26 Å². The largest absolute Gasteiger partial charge is 1.00 e. The van der Waals surface area contributed by atoms with Crippen LogP contribution in [0.5, 0.6) is 0 Å². The molecule has 2 amide bonds. The van der Waals surface area contributed by atoms with Gasteiger partial charge in [-0.05, 0) is 44.0 Å². The van der Waals surface area contributed by atoms with Crippen molar-refractivity contribution >= 4 is 57.5 Å². The van der Waals surface area contributed by atoms with Crippen LogP contribution in [0.4, 0.5) is 0 Å². The van der Waals surface area contributed by atoms with E-state index in [9.17, 15) is 9.59 Å². The minimum atomic E-state index is -0.576. The average Bonchev–Trinajstić information content (AvgIpc) is 2.93. The number of ether oxygens (including phenoxy) is 1. The first-order valence-electron chi connectivity index (χ1n) is 11.5. The van der Waals surface area contributed by atoms with Crippen LogP contribution in [0, 0.1) is 11.8 Å². The normalized spacial score (nSPS) is 10.2. The standard InChI is InChI=1S/C13H20N2O.C9H12N2O.C3H9NO.CN.B.I2.Na/c1-2-3-9-15-12(13(14)16)10-11-7-5-4-6-8-11;10-8(9(11)12)6-7-4-2-1-3-5-7;1-4-3-5-2;1-2;;1-2;/h4-8,12,15H,2-3,9-10H2,1H3,(H2,14,16);1-5,8H,6,10H2,(H2,11,12);4H,3H2,1-2H3;;;;/q;;;-1;;;+1/t12-;8-;;;;;/m00...../s1. The number of hydrogen-bond acceptors (Lipinski definition) is 7. The van der Waals surface area contributed by atoms with Crippen LogP contribution in [0.1, 0.15) is 30.9 Å². The van der Waals surface area contributed by atoms with Crippen molar-refractivity contribution in [1.82, 2.24) is 10.6 Å². The second kappa shape index (κ2) is 37.2. The van der Waals surface area contributed by atoms with Gasteiger partial charge in [0.2, 0.25) is 11.8 Å². The van der Waals surface area contributed by atoms with E-state index in [2.05, 4.69) is 59.5 Å². The number of hydrogen-bond donors (Lipinski definition) is 5. The minimum absolute atomic E-state index is 0. The number of amides is 2. The van der Waals surface area contributed by atoms with E-state index in [0.29, 0.717) is 19.6 Å². The second-order valence-corrected chi connectivity index (χ2v) is 7.44. The molecule has 0 heterocycles. The first kappa shape index (κ1) is 48.0. The maximum Gasteiger partial charge on any atom is 1.00 e. The molecular weight excluding hydrogens is 732 g/mol. The van der Waals surface area contributed by atoms with E-state index in [1.54, 1.807) is 7.11 Å². The first-order chi connectivity index (χ1) is 17.8. The molecule has 0 aliphatic rings. The Bertz CT molecular complexity index is 810. The van der Waals surface area contributed by atoms with E-state index in [1.165, 1.54) is 0 Å². The topological polar surface area (TPSA) is 169 Å². The van der Waals surface area contributed by atoms with Gasteiger partial charge in [0.1, 0.15) is 0 Å². The zero-order valence-electron chi connectivity index (χ0n) is 23.4. The zero-order chi connectivity index (χ0) is 28.9. The van der Waals surface area contributed by atoms with Gasteiger partial charge >= 0.3 is 29.6 Å². The van der Waals surface area contributed by atoms with Crippen molar-refractivity contribution in [2.24, 2.45) is 17.2 Å². The average molecular weight is 773 g/mol. The Morgan fingerprint density at radius 2 is 1.38 bits per heavy atom. The fourth-order valence-electron chi connectivity index (χ4n) is 2.69. The number of carbonyl (C=O) groups excluding carboxylic acids is 2. The molecule has 3 radical (unpaired) electrons. The number of nitrogens with zero attached hydrogens (tertiary/aromatic N) is 1. The summed E-state index contributed by atoms with van der Waals surface area (Å²) in [7, 11) is 3.49. The van der Waals surface area contributed by atoms with Crippen LogP contribution in [0.3, 0.4) is 0 Å². The molecule has 0 aliphatic heterocycles. The van der Waals surface area contributed by atoms with Crippen LogP contribution in [0.2, 0.25) is 0 Å². The molecule has 0 bridgehead atoms. The molecule has 9 nitrogen and oxygen atoms in total. The number of carbonyl (C=O) groups is 2. The van der Waals surface area contributed by atoms with E-state index in [4.69, 9.17) is 29.0 Å². The van der Waals surface area contributed by atoms with E-state index >= 15 is 0 Å². The van der Waals surface area contributed by atoms with Crippen LogP contribution in [0.15, 0.2) is 60.7 Å². The SMILES string of the molecule is CCCCN[C@@H](Cc1ccccc1)C(N)=O.CNCOC.II.NC(=O)[C@@H](N)Cc1ccccc1.[B].[C-]#N.[Na+]. The number of nitrogens with one attached hydrogen (secondary N) is 2. The van der Waals surface area contributed by atoms with Gasteiger partial charge in [0.25, 0.3) is 0 Å². The molecule has 0 saturated carbocycles. The number of rotatable bonds is 12. The van der Waals surface area contributed by atoms with Crippen molar-refractivity contribution in [3.63, 3.8) is 0 Å². The summed E-state index contributed by atoms with van der Waals surface area (Å²) in [4.78, 5) is 21.9. The smallest absolute Gasteiger partial charge is 0.512 e. The molecular formula is C26H41BI2N6NaO3. The van der Waals surface area contributed by atoms with Crippen LogP contribution in [-0.2, 0) is 27.2 Å². The quantitative estimate of drug-likeness (QED) is 0.0656. The van der Waals surface area contributed by atoms with Gasteiger partial charge in [-0.1, -0.05) is 74.0 Å². The summed E-state index contributed by atoms with van der Waals surface area (Å²) in [6.07, 6.45) is 3.36. The van der Waals surface area contributed by atoms with Gasteiger partial charge in [-0.25, -0.2) is 0 Å². The summed E-state index contributed by atoms with van der Waals surface area (Å²) in [6, 6.07) is 18.7. The van der Waals surface area contributed by atoms with Crippen molar-refractivity contribution in [3.8, 4) is 0 Å². The Balaban J connectivity index is -0.000000149. The molecule has 0 spiro atoms. The minimum Gasteiger partial charge on any atom is -0.512 e. The Labute approximate surface area is 282 Å². The number of benzene rings is 2. The van der Waals surface area contributed by atoms with Gasteiger partial charge in [-0.3, -0.25) is 14.9 Å². The summed E-state index contributed by atoms with van der Waals surface area (Å²) in [5, 5.41) is 12.2. The summed E-state index contributed by atoms with van der Waals surface area (Å²) in [5.74, 6) is -0.737. The molecule has 2 rings (SSSR count). The van der Waals surface area contributed by atoms with Crippen LogP contribution >= 0.6 is 37.2 Å². The fourth-order valence-corrected chi connectivity index (χ4v) is 2.69.